The number of carbonyl (C=O) groups is 1. The van der Waals surface area contributed by atoms with Crippen LogP contribution in [0.1, 0.15) is 21.7 Å². The lowest BCUT2D eigenvalue weighted by atomic mass is 10.1. The molecule has 0 aliphatic heterocycles. The van der Waals surface area contributed by atoms with Gasteiger partial charge in [-0.2, -0.15) is 0 Å². The first-order valence-electron chi connectivity index (χ1n) is 5.62. The monoisotopic (exact) mass is 245 g/mol. The predicted octanol–water partition coefficient (Wildman–Crippen LogP) is 3.16. The summed E-state index contributed by atoms with van der Waals surface area (Å²) in [5, 5.41) is 2.85. The number of furan rings is 1. The van der Waals surface area contributed by atoms with E-state index in [9.17, 15) is 4.79 Å². The molecule has 4 nitrogen and oxygen atoms in total. The topological polar surface area (TPSA) is 51.5 Å². The Bertz CT molecular complexity index is 572. The van der Waals surface area contributed by atoms with Crippen molar-refractivity contribution in [3.8, 4) is 5.75 Å². The molecule has 1 aromatic heterocycles. The molecule has 0 aliphatic carbocycles. The van der Waals surface area contributed by atoms with E-state index in [4.69, 9.17) is 9.15 Å². The molecule has 1 aromatic carbocycles. The zero-order chi connectivity index (χ0) is 13.1. The maximum Gasteiger partial charge on any atom is 0.259 e. The fourth-order valence-corrected chi connectivity index (χ4v) is 1.71. The Kier molecular flexibility index (Phi) is 3.37. The van der Waals surface area contributed by atoms with Gasteiger partial charge in [0, 0.05) is 5.69 Å². The van der Waals surface area contributed by atoms with Crippen LogP contribution in [0, 0.1) is 13.8 Å². The van der Waals surface area contributed by atoms with Crippen LogP contribution in [-0.4, -0.2) is 13.0 Å². The second-order valence-corrected chi connectivity index (χ2v) is 4.03. The minimum atomic E-state index is -0.172. The van der Waals surface area contributed by atoms with Gasteiger partial charge in [0.25, 0.3) is 5.91 Å². The Balaban J connectivity index is 2.20. The molecule has 0 spiro atoms. The average molecular weight is 245 g/mol. The summed E-state index contributed by atoms with van der Waals surface area (Å²) in [5.74, 6) is 1.21. The molecule has 1 amide bonds. The number of aryl methyl sites for hydroxylation is 2. The van der Waals surface area contributed by atoms with Crippen molar-refractivity contribution in [3.63, 3.8) is 0 Å². The number of ether oxygens (including phenoxy) is 1. The van der Waals surface area contributed by atoms with E-state index in [2.05, 4.69) is 5.32 Å². The fourth-order valence-electron chi connectivity index (χ4n) is 1.71. The van der Waals surface area contributed by atoms with Gasteiger partial charge in [-0.3, -0.25) is 4.79 Å². The Morgan fingerprint density at radius 3 is 2.61 bits per heavy atom. The number of nitrogens with one attached hydrogen (secondary N) is 1. The van der Waals surface area contributed by atoms with E-state index >= 15 is 0 Å². The van der Waals surface area contributed by atoms with Crippen molar-refractivity contribution in [1.82, 2.24) is 0 Å². The Labute approximate surface area is 106 Å². The fraction of sp³-hybridized carbons (Fsp3) is 0.214. The molecule has 1 N–H and O–H groups in total. The predicted molar refractivity (Wildman–Crippen MR) is 69.1 cm³/mol. The van der Waals surface area contributed by atoms with Crippen LogP contribution in [0.25, 0.3) is 0 Å². The third kappa shape index (κ3) is 2.37. The highest BCUT2D eigenvalue weighted by atomic mass is 16.5. The summed E-state index contributed by atoms with van der Waals surface area (Å²) >= 11 is 0. The van der Waals surface area contributed by atoms with Gasteiger partial charge in [0.05, 0.1) is 18.9 Å². The van der Waals surface area contributed by atoms with Crippen LogP contribution in [0.2, 0.25) is 0 Å². The first-order chi connectivity index (χ1) is 8.61. The molecule has 0 saturated carbocycles. The number of rotatable bonds is 3. The number of benzene rings is 1. The smallest absolute Gasteiger partial charge is 0.259 e. The van der Waals surface area contributed by atoms with Gasteiger partial charge in [0.2, 0.25) is 0 Å². The van der Waals surface area contributed by atoms with E-state index in [1.807, 2.05) is 25.1 Å². The molecule has 0 bridgehead atoms. The van der Waals surface area contributed by atoms with Gasteiger partial charge < -0.3 is 14.5 Å². The Morgan fingerprint density at radius 2 is 2.06 bits per heavy atom. The van der Waals surface area contributed by atoms with Gasteiger partial charge in [-0.1, -0.05) is 0 Å². The number of hydrogen-bond acceptors (Lipinski definition) is 3. The van der Waals surface area contributed by atoms with E-state index in [1.165, 1.54) is 6.26 Å². The van der Waals surface area contributed by atoms with E-state index < -0.39 is 0 Å². The zero-order valence-corrected chi connectivity index (χ0v) is 10.6. The molecular weight excluding hydrogens is 230 g/mol. The van der Waals surface area contributed by atoms with Crippen LogP contribution in [0.15, 0.2) is 34.9 Å². The molecule has 2 aromatic rings. The van der Waals surface area contributed by atoms with Gasteiger partial charge in [0.1, 0.15) is 11.5 Å². The van der Waals surface area contributed by atoms with Crippen LogP contribution in [0.3, 0.4) is 0 Å². The molecule has 0 radical (unpaired) electrons. The molecule has 0 unspecified atom stereocenters. The second-order valence-electron chi connectivity index (χ2n) is 4.03. The maximum atomic E-state index is 12.0. The standard InChI is InChI=1S/C14H15NO3/c1-9-8-11(17-3)4-5-13(9)15-14(16)12-6-7-18-10(12)2/h4-8H,1-3H3,(H,15,16). The van der Waals surface area contributed by atoms with Crippen molar-refractivity contribution >= 4 is 11.6 Å². The maximum absolute atomic E-state index is 12.0. The van der Waals surface area contributed by atoms with E-state index in [1.54, 1.807) is 20.1 Å². The van der Waals surface area contributed by atoms with Crippen molar-refractivity contribution in [3.05, 3.63) is 47.4 Å². The summed E-state index contributed by atoms with van der Waals surface area (Å²) in [6.45, 7) is 3.68. The summed E-state index contributed by atoms with van der Waals surface area (Å²) in [7, 11) is 1.61. The number of anilines is 1. The summed E-state index contributed by atoms with van der Waals surface area (Å²) in [4.78, 5) is 12.0. The number of amides is 1. The zero-order valence-electron chi connectivity index (χ0n) is 10.6. The third-order valence-electron chi connectivity index (χ3n) is 2.79. The first kappa shape index (κ1) is 12.2. The minimum absolute atomic E-state index is 0.172. The number of methoxy groups -OCH3 is 1. The van der Waals surface area contributed by atoms with E-state index in [0.717, 1.165) is 17.0 Å². The van der Waals surface area contributed by atoms with Crippen molar-refractivity contribution in [1.29, 1.82) is 0 Å². The molecule has 0 atom stereocenters. The Morgan fingerprint density at radius 1 is 1.28 bits per heavy atom. The quantitative estimate of drug-likeness (QED) is 0.903. The largest absolute Gasteiger partial charge is 0.497 e. The van der Waals surface area contributed by atoms with Gasteiger partial charge in [-0.15, -0.1) is 0 Å². The van der Waals surface area contributed by atoms with Crippen LogP contribution < -0.4 is 10.1 Å². The third-order valence-corrected chi connectivity index (χ3v) is 2.79. The molecule has 0 fully saturated rings. The number of hydrogen-bond donors (Lipinski definition) is 1. The normalized spacial score (nSPS) is 10.2. The lowest BCUT2D eigenvalue weighted by Gasteiger charge is -2.09. The molecule has 2 rings (SSSR count). The average Bonchev–Trinajstić information content (AvgIpc) is 2.78. The molecule has 4 heteroatoms. The SMILES string of the molecule is COc1ccc(NC(=O)c2ccoc2C)c(C)c1. The second kappa shape index (κ2) is 4.96. The highest BCUT2D eigenvalue weighted by molar-refractivity contribution is 6.05. The molecule has 94 valence electrons. The summed E-state index contributed by atoms with van der Waals surface area (Å²) in [6.07, 6.45) is 1.51. The van der Waals surface area contributed by atoms with E-state index in [0.29, 0.717) is 11.3 Å². The number of carbonyl (C=O) groups excluding carboxylic acids is 1. The highest BCUT2D eigenvalue weighted by Crippen LogP contribution is 2.22. The van der Waals surface area contributed by atoms with Crippen LogP contribution in [0.4, 0.5) is 5.69 Å². The van der Waals surface area contributed by atoms with Crippen LogP contribution in [0.5, 0.6) is 5.75 Å². The summed E-state index contributed by atoms with van der Waals surface area (Å²) < 4.78 is 10.2. The Hall–Kier alpha value is -2.23. The lowest BCUT2D eigenvalue weighted by molar-refractivity contribution is 0.102. The van der Waals surface area contributed by atoms with Gasteiger partial charge in [-0.05, 0) is 43.7 Å². The van der Waals surface area contributed by atoms with Crippen molar-refractivity contribution in [2.75, 3.05) is 12.4 Å². The summed E-state index contributed by atoms with van der Waals surface area (Å²) in [5.41, 5.74) is 2.26. The minimum Gasteiger partial charge on any atom is -0.497 e. The van der Waals surface area contributed by atoms with Gasteiger partial charge >= 0.3 is 0 Å². The lowest BCUT2D eigenvalue weighted by Crippen LogP contribution is -2.12. The molecule has 0 saturated heterocycles. The summed E-state index contributed by atoms with van der Waals surface area (Å²) in [6, 6.07) is 7.16. The first-order valence-corrected chi connectivity index (χ1v) is 5.62. The molecule has 0 aliphatic rings. The molecule has 1 heterocycles. The van der Waals surface area contributed by atoms with Crippen LogP contribution >= 0.6 is 0 Å². The van der Waals surface area contributed by atoms with Crippen molar-refractivity contribution in [2.45, 2.75) is 13.8 Å². The molecule has 18 heavy (non-hydrogen) atoms. The van der Waals surface area contributed by atoms with Gasteiger partial charge in [-0.25, -0.2) is 0 Å². The molecular formula is C14H15NO3. The van der Waals surface area contributed by atoms with E-state index in [-0.39, 0.29) is 5.91 Å². The van der Waals surface area contributed by atoms with Gasteiger partial charge in [0.15, 0.2) is 0 Å². The van der Waals surface area contributed by atoms with Crippen molar-refractivity contribution in [2.24, 2.45) is 0 Å². The van der Waals surface area contributed by atoms with Crippen molar-refractivity contribution < 1.29 is 13.9 Å². The highest BCUT2D eigenvalue weighted by Gasteiger charge is 2.12. The van der Waals surface area contributed by atoms with Crippen LogP contribution in [-0.2, 0) is 0 Å².